The fraction of sp³-hybridized carbons (Fsp3) is 0.559. The minimum atomic E-state index is -1.04. The molecule has 5 aliphatic rings. The summed E-state index contributed by atoms with van der Waals surface area (Å²) in [5, 5.41) is 19.7. The quantitative estimate of drug-likeness (QED) is 0.333. The predicted molar refractivity (Wildman–Crippen MR) is 169 cm³/mol. The van der Waals surface area contributed by atoms with Crippen molar-refractivity contribution in [2.24, 2.45) is 5.92 Å². The zero-order valence-electron chi connectivity index (χ0n) is 25.8. The third-order valence-corrected chi connectivity index (χ3v) is 10.9. The van der Waals surface area contributed by atoms with Gasteiger partial charge in [-0.25, -0.2) is 4.39 Å². The van der Waals surface area contributed by atoms with Gasteiger partial charge in [0.2, 0.25) is 0 Å². The van der Waals surface area contributed by atoms with Gasteiger partial charge < -0.3 is 14.7 Å². The molecule has 0 saturated carbocycles. The number of aliphatic hydroxyl groups is 1. The van der Waals surface area contributed by atoms with Crippen LogP contribution in [0.1, 0.15) is 68.9 Å². The van der Waals surface area contributed by atoms with Crippen molar-refractivity contribution in [2.45, 2.75) is 82.8 Å². The number of aromatic amines is 1. The second-order valence-electron chi connectivity index (χ2n) is 13.6. The number of benzene rings is 1. The zero-order valence-corrected chi connectivity index (χ0v) is 25.8. The second-order valence-corrected chi connectivity index (χ2v) is 13.6. The van der Waals surface area contributed by atoms with E-state index in [1.807, 2.05) is 13.0 Å². The number of rotatable bonds is 3. The fourth-order valence-electron chi connectivity index (χ4n) is 8.49. The summed E-state index contributed by atoms with van der Waals surface area (Å²) in [6.45, 7) is 5.74. The molecule has 3 aromatic heterocycles. The average molecular weight is 614 g/mol. The first kappa shape index (κ1) is 28.8. The van der Waals surface area contributed by atoms with Crippen LogP contribution in [0.5, 0.6) is 6.01 Å². The molecule has 3 fully saturated rings. The molecular formula is C34H40FN7O3. The molecule has 0 radical (unpaired) electrons. The summed E-state index contributed by atoms with van der Waals surface area (Å²) in [7, 11) is 0. The number of ketones is 1. The van der Waals surface area contributed by atoms with Crippen molar-refractivity contribution in [3.63, 3.8) is 0 Å². The molecule has 8 heterocycles. The van der Waals surface area contributed by atoms with E-state index in [0.717, 1.165) is 80.1 Å². The summed E-state index contributed by atoms with van der Waals surface area (Å²) in [5.41, 5.74) is 3.87. The number of carbonyl (C=O) groups excluding carboxylic acids is 1. The first-order chi connectivity index (χ1) is 21.9. The van der Waals surface area contributed by atoms with Crippen LogP contribution in [0.2, 0.25) is 0 Å². The molecule has 10 nitrogen and oxygen atoms in total. The number of anilines is 1. The van der Waals surface area contributed by atoms with E-state index in [1.54, 1.807) is 12.4 Å². The van der Waals surface area contributed by atoms with Crippen LogP contribution in [0, 0.1) is 18.7 Å². The van der Waals surface area contributed by atoms with Crippen LogP contribution < -0.4 is 9.64 Å². The Morgan fingerprint density at radius 1 is 1.07 bits per heavy atom. The number of ether oxygens (including phenoxy) is 1. The van der Waals surface area contributed by atoms with E-state index >= 15 is 4.39 Å². The molecule has 11 heteroatoms. The molecule has 1 aromatic carbocycles. The summed E-state index contributed by atoms with van der Waals surface area (Å²) >= 11 is 0. The Balaban J connectivity index is 1.30. The maximum Gasteiger partial charge on any atom is 0.319 e. The maximum absolute atomic E-state index is 17.0. The highest BCUT2D eigenvalue weighted by Crippen LogP contribution is 2.41. The number of hydrogen-bond acceptors (Lipinski definition) is 9. The number of halogens is 1. The number of aliphatic hydroxyl groups excluding tert-OH is 1. The number of aromatic nitrogens is 5. The van der Waals surface area contributed by atoms with E-state index in [1.165, 1.54) is 0 Å². The van der Waals surface area contributed by atoms with Gasteiger partial charge in [0.15, 0.2) is 11.6 Å². The minimum Gasteiger partial charge on any atom is -0.461 e. The van der Waals surface area contributed by atoms with Gasteiger partial charge in [-0.2, -0.15) is 15.1 Å². The largest absolute Gasteiger partial charge is 0.461 e. The van der Waals surface area contributed by atoms with Gasteiger partial charge in [-0.3, -0.25) is 19.8 Å². The Hall–Kier alpha value is -3.70. The van der Waals surface area contributed by atoms with Gasteiger partial charge in [0, 0.05) is 42.6 Å². The van der Waals surface area contributed by atoms with Crippen LogP contribution in [0.3, 0.4) is 0 Å². The van der Waals surface area contributed by atoms with E-state index < -0.39 is 11.9 Å². The van der Waals surface area contributed by atoms with Crippen LogP contribution in [0.4, 0.5) is 10.2 Å². The molecule has 6 bridgehead atoms. The SMILES string of the molecule is Cc1cc2[nH]ncc2c2c1CCCCC(=O)C(O)C1CCCN(C1)c1nc(OCC34CCCN3CCC4)nc3c(F)c-2ncc13. The minimum absolute atomic E-state index is 0.0156. The Bertz CT molecular complexity index is 1780. The number of fused-ring (bicyclic) bond motifs is 8. The Morgan fingerprint density at radius 3 is 2.73 bits per heavy atom. The predicted octanol–water partition coefficient (Wildman–Crippen LogP) is 4.90. The highest BCUT2D eigenvalue weighted by atomic mass is 19.1. The van der Waals surface area contributed by atoms with E-state index in [2.05, 4.69) is 20.0 Å². The highest BCUT2D eigenvalue weighted by molar-refractivity contribution is 5.99. The first-order valence-corrected chi connectivity index (χ1v) is 16.6. The summed E-state index contributed by atoms with van der Waals surface area (Å²) < 4.78 is 23.4. The van der Waals surface area contributed by atoms with Crippen molar-refractivity contribution < 1.29 is 19.0 Å². The normalized spacial score (nSPS) is 23.7. The number of carbonyl (C=O) groups is 1. The third kappa shape index (κ3) is 4.86. The van der Waals surface area contributed by atoms with E-state index in [9.17, 15) is 9.90 Å². The van der Waals surface area contributed by atoms with Crippen LogP contribution in [-0.4, -0.2) is 85.4 Å². The molecule has 236 valence electrons. The zero-order chi connectivity index (χ0) is 30.7. The number of H-pyrrole nitrogens is 1. The molecule has 0 spiro atoms. The molecule has 0 aliphatic carbocycles. The van der Waals surface area contributed by atoms with Gasteiger partial charge in [0.1, 0.15) is 29.7 Å². The van der Waals surface area contributed by atoms with Gasteiger partial charge >= 0.3 is 6.01 Å². The van der Waals surface area contributed by atoms with E-state index in [0.29, 0.717) is 55.7 Å². The standard InChI is InChI=1S/C34H40FN7O3/c1-20-15-25-23(17-37-40-25)27-22(20)8-2-3-9-26(43)31(44)21-7-4-12-41(18-21)32-24-16-36-30(27)28(35)29(24)38-33(39-32)45-19-34-10-5-13-42(34)14-6-11-34/h15-17,21,31,44H,2-14,18-19H2,1H3,(H,37,40). The number of pyridine rings is 1. The summed E-state index contributed by atoms with van der Waals surface area (Å²) in [4.78, 5) is 32.1. The number of hydrogen-bond donors (Lipinski definition) is 2. The second kappa shape index (κ2) is 11.3. The fourth-order valence-corrected chi connectivity index (χ4v) is 8.49. The molecule has 45 heavy (non-hydrogen) atoms. The molecule has 2 N–H and O–H groups in total. The monoisotopic (exact) mass is 613 g/mol. The lowest BCUT2D eigenvalue weighted by Crippen LogP contribution is -2.44. The van der Waals surface area contributed by atoms with E-state index in [4.69, 9.17) is 19.7 Å². The van der Waals surface area contributed by atoms with Crippen molar-refractivity contribution in [3.8, 4) is 17.3 Å². The highest BCUT2D eigenvalue weighted by Gasteiger charge is 2.45. The van der Waals surface area contributed by atoms with Gasteiger partial charge in [-0.05, 0) is 95.0 Å². The molecule has 9 rings (SSSR count). The van der Waals surface area contributed by atoms with Crippen molar-refractivity contribution >= 4 is 33.4 Å². The van der Waals surface area contributed by atoms with Gasteiger partial charge in [0.05, 0.1) is 22.6 Å². The van der Waals surface area contributed by atoms with Crippen LogP contribution in [0.25, 0.3) is 33.1 Å². The lowest BCUT2D eigenvalue weighted by Gasteiger charge is -2.36. The van der Waals surface area contributed by atoms with Crippen molar-refractivity contribution in [2.75, 3.05) is 37.7 Å². The molecule has 5 aliphatic heterocycles. The number of nitrogens with zero attached hydrogens (tertiary/aromatic N) is 6. The Kier molecular flexibility index (Phi) is 7.20. The summed E-state index contributed by atoms with van der Waals surface area (Å²) in [5.74, 6) is -0.310. The first-order valence-electron chi connectivity index (χ1n) is 16.6. The van der Waals surface area contributed by atoms with Crippen molar-refractivity contribution in [1.29, 1.82) is 0 Å². The van der Waals surface area contributed by atoms with Crippen LogP contribution in [0.15, 0.2) is 18.5 Å². The van der Waals surface area contributed by atoms with Crippen molar-refractivity contribution in [1.82, 2.24) is 30.0 Å². The number of Topliss-reactive ketones (excluding diaryl/α,β-unsaturated/α-hetero) is 1. The van der Waals surface area contributed by atoms with E-state index in [-0.39, 0.29) is 34.5 Å². The lowest BCUT2D eigenvalue weighted by atomic mass is 9.87. The van der Waals surface area contributed by atoms with Crippen LogP contribution >= 0.6 is 0 Å². The smallest absolute Gasteiger partial charge is 0.319 e. The van der Waals surface area contributed by atoms with Crippen LogP contribution in [-0.2, 0) is 11.2 Å². The summed E-state index contributed by atoms with van der Waals surface area (Å²) in [6.07, 6.45) is 10.7. The Labute approximate surface area is 261 Å². The van der Waals surface area contributed by atoms with Gasteiger partial charge in [-0.15, -0.1) is 0 Å². The topological polar surface area (TPSA) is 120 Å². The molecule has 0 amide bonds. The molecular weight excluding hydrogens is 573 g/mol. The average Bonchev–Trinajstić information content (AvgIpc) is 3.78. The molecule has 2 atom stereocenters. The molecule has 4 aromatic rings. The van der Waals surface area contributed by atoms with Gasteiger partial charge in [0.25, 0.3) is 0 Å². The number of aryl methyl sites for hydroxylation is 1. The summed E-state index contributed by atoms with van der Waals surface area (Å²) in [6, 6.07) is 2.18. The third-order valence-electron chi connectivity index (χ3n) is 10.9. The maximum atomic E-state index is 17.0. The molecule has 2 unspecified atom stereocenters. The van der Waals surface area contributed by atoms with Gasteiger partial charge in [-0.1, -0.05) is 0 Å². The number of nitrogens with one attached hydrogen (secondary N) is 1. The Morgan fingerprint density at radius 2 is 1.89 bits per heavy atom. The lowest BCUT2D eigenvalue weighted by molar-refractivity contribution is -0.130. The van der Waals surface area contributed by atoms with Crippen molar-refractivity contribution in [3.05, 3.63) is 35.4 Å². The number of piperidine rings is 1. The molecule has 3 saturated heterocycles.